The van der Waals surface area contributed by atoms with Gasteiger partial charge in [0.25, 0.3) is 0 Å². The zero-order valence-corrected chi connectivity index (χ0v) is 13.2. The van der Waals surface area contributed by atoms with Gasteiger partial charge in [-0.3, -0.25) is 4.99 Å². The summed E-state index contributed by atoms with van der Waals surface area (Å²) < 4.78 is 10.2. The van der Waals surface area contributed by atoms with E-state index in [1.165, 1.54) is 0 Å². The minimum absolute atomic E-state index is 0.492. The number of nitrogens with zero attached hydrogens (tertiary/aromatic N) is 1. The summed E-state index contributed by atoms with van der Waals surface area (Å²) in [6.45, 7) is 0. The number of hydrogen-bond acceptors (Lipinski definition) is 4. The maximum atomic E-state index is 6.10. The van der Waals surface area contributed by atoms with Crippen LogP contribution >= 0.6 is 11.6 Å². The molecule has 5 heteroatoms. The predicted octanol–water partition coefficient (Wildman–Crippen LogP) is 4.60. The average molecular weight is 317 g/mol. The van der Waals surface area contributed by atoms with Gasteiger partial charge in [0.05, 0.1) is 24.9 Å². The summed E-state index contributed by atoms with van der Waals surface area (Å²) in [6, 6.07) is 15.0. The van der Waals surface area contributed by atoms with E-state index in [-0.39, 0.29) is 0 Å². The third-order valence-corrected chi connectivity index (χ3v) is 3.08. The molecule has 0 spiro atoms. The first-order valence-electron chi connectivity index (χ1n) is 6.65. The van der Waals surface area contributed by atoms with Gasteiger partial charge in [0, 0.05) is 18.1 Å². The lowest BCUT2D eigenvalue weighted by atomic mass is 10.3. The molecule has 114 valence electrons. The third-order valence-electron chi connectivity index (χ3n) is 2.88. The molecule has 2 rings (SSSR count). The molecule has 0 bridgehead atoms. The van der Waals surface area contributed by atoms with E-state index in [1.54, 1.807) is 26.6 Å². The Hall–Kier alpha value is -2.46. The lowest BCUT2D eigenvalue weighted by Crippen LogP contribution is -1.90. The molecule has 2 aromatic rings. The number of halogens is 1. The molecule has 0 atom stereocenters. The van der Waals surface area contributed by atoms with Crippen LogP contribution in [0, 0.1) is 0 Å². The van der Waals surface area contributed by atoms with E-state index >= 15 is 0 Å². The SMILES string of the molecule is COc1ccc(N=C/C(Cl)=C/Nc2ccc(OC)cc2)cc1. The lowest BCUT2D eigenvalue weighted by molar-refractivity contribution is 0.415. The van der Waals surface area contributed by atoms with E-state index in [0.29, 0.717) is 5.03 Å². The number of rotatable bonds is 6. The number of aliphatic imine (C=N–C) groups is 1. The first-order valence-corrected chi connectivity index (χ1v) is 7.03. The van der Waals surface area contributed by atoms with Crippen LogP contribution in [0.2, 0.25) is 0 Å². The fraction of sp³-hybridized carbons (Fsp3) is 0.118. The Morgan fingerprint density at radius 1 is 0.955 bits per heavy atom. The van der Waals surface area contributed by atoms with Crippen LogP contribution in [0.15, 0.2) is 64.8 Å². The van der Waals surface area contributed by atoms with Crippen molar-refractivity contribution >= 4 is 29.2 Å². The molecule has 0 saturated carbocycles. The average Bonchev–Trinajstić information content (AvgIpc) is 2.59. The summed E-state index contributed by atoms with van der Waals surface area (Å²) in [7, 11) is 3.26. The van der Waals surface area contributed by atoms with Crippen molar-refractivity contribution in [2.45, 2.75) is 0 Å². The van der Waals surface area contributed by atoms with Gasteiger partial charge in [-0.2, -0.15) is 0 Å². The van der Waals surface area contributed by atoms with Crippen molar-refractivity contribution in [2.75, 3.05) is 19.5 Å². The summed E-state index contributed by atoms with van der Waals surface area (Å²) in [6.07, 6.45) is 3.26. The van der Waals surface area contributed by atoms with Crippen LogP contribution in [0.25, 0.3) is 0 Å². The molecule has 0 aliphatic heterocycles. The highest BCUT2D eigenvalue weighted by atomic mass is 35.5. The van der Waals surface area contributed by atoms with E-state index in [4.69, 9.17) is 21.1 Å². The number of hydrogen-bond donors (Lipinski definition) is 1. The first-order chi connectivity index (χ1) is 10.7. The van der Waals surface area contributed by atoms with Crippen LogP contribution in [0.3, 0.4) is 0 Å². The quantitative estimate of drug-likeness (QED) is 0.792. The van der Waals surface area contributed by atoms with Crippen molar-refractivity contribution in [3.8, 4) is 11.5 Å². The van der Waals surface area contributed by atoms with Gasteiger partial charge >= 0.3 is 0 Å². The van der Waals surface area contributed by atoms with Crippen LogP contribution in [0.5, 0.6) is 11.5 Å². The Kier molecular flexibility index (Phi) is 5.86. The van der Waals surface area contributed by atoms with Gasteiger partial charge in [0.15, 0.2) is 0 Å². The smallest absolute Gasteiger partial charge is 0.119 e. The number of anilines is 1. The lowest BCUT2D eigenvalue weighted by Gasteiger charge is -2.03. The molecule has 0 fully saturated rings. The van der Waals surface area contributed by atoms with E-state index in [1.807, 2.05) is 48.5 Å². The van der Waals surface area contributed by atoms with E-state index in [0.717, 1.165) is 22.9 Å². The van der Waals surface area contributed by atoms with Gasteiger partial charge < -0.3 is 14.8 Å². The number of methoxy groups -OCH3 is 2. The topological polar surface area (TPSA) is 42.8 Å². The van der Waals surface area contributed by atoms with Crippen molar-refractivity contribution in [3.05, 3.63) is 59.8 Å². The number of nitrogens with one attached hydrogen (secondary N) is 1. The minimum Gasteiger partial charge on any atom is -0.497 e. The maximum absolute atomic E-state index is 6.10. The summed E-state index contributed by atoms with van der Waals surface area (Å²) in [5, 5.41) is 3.58. The first kappa shape index (κ1) is 15.9. The van der Waals surface area contributed by atoms with Gasteiger partial charge in [0.2, 0.25) is 0 Å². The minimum atomic E-state index is 0.492. The van der Waals surface area contributed by atoms with Gasteiger partial charge in [-0.1, -0.05) is 11.6 Å². The Morgan fingerprint density at radius 3 is 2.05 bits per heavy atom. The summed E-state index contributed by atoms with van der Waals surface area (Å²) in [5.74, 6) is 1.60. The van der Waals surface area contributed by atoms with Gasteiger partial charge in [-0.05, 0) is 48.5 Å². The van der Waals surface area contributed by atoms with Crippen LogP contribution < -0.4 is 14.8 Å². The van der Waals surface area contributed by atoms with Crippen molar-refractivity contribution in [1.82, 2.24) is 0 Å². The molecule has 2 aromatic carbocycles. The molecular weight excluding hydrogens is 300 g/mol. The van der Waals surface area contributed by atoms with Gasteiger partial charge in [0.1, 0.15) is 11.5 Å². The van der Waals surface area contributed by atoms with Gasteiger partial charge in [-0.15, -0.1) is 0 Å². The molecule has 22 heavy (non-hydrogen) atoms. The normalized spacial score (nSPS) is 11.5. The summed E-state index contributed by atoms with van der Waals surface area (Å²) >= 11 is 6.10. The number of ether oxygens (including phenoxy) is 2. The zero-order chi connectivity index (χ0) is 15.8. The highest BCUT2D eigenvalue weighted by molar-refractivity contribution is 6.39. The monoisotopic (exact) mass is 316 g/mol. The highest BCUT2D eigenvalue weighted by Gasteiger charge is 1.94. The third kappa shape index (κ3) is 4.82. The molecule has 0 radical (unpaired) electrons. The van der Waals surface area contributed by atoms with Crippen LogP contribution in [0.1, 0.15) is 0 Å². The van der Waals surface area contributed by atoms with Crippen molar-refractivity contribution in [3.63, 3.8) is 0 Å². The Morgan fingerprint density at radius 2 is 1.50 bits per heavy atom. The zero-order valence-electron chi connectivity index (χ0n) is 12.4. The molecule has 0 saturated heterocycles. The van der Waals surface area contributed by atoms with E-state index in [9.17, 15) is 0 Å². The number of benzene rings is 2. The Labute approximate surface area is 135 Å². The molecule has 0 aliphatic carbocycles. The molecule has 0 heterocycles. The molecule has 0 aliphatic rings. The Bertz CT molecular complexity index is 649. The number of allylic oxidation sites excluding steroid dienone is 1. The van der Waals surface area contributed by atoms with Gasteiger partial charge in [-0.25, -0.2) is 0 Å². The molecule has 0 aromatic heterocycles. The second kappa shape index (κ2) is 8.10. The molecule has 4 nitrogen and oxygen atoms in total. The maximum Gasteiger partial charge on any atom is 0.119 e. The molecule has 0 unspecified atom stereocenters. The van der Waals surface area contributed by atoms with E-state index in [2.05, 4.69) is 10.3 Å². The van der Waals surface area contributed by atoms with Crippen LogP contribution in [0.4, 0.5) is 11.4 Å². The van der Waals surface area contributed by atoms with Crippen molar-refractivity contribution in [2.24, 2.45) is 4.99 Å². The second-order valence-electron chi connectivity index (χ2n) is 4.36. The highest BCUT2D eigenvalue weighted by Crippen LogP contribution is 2.18. The fourth-order valence-corrected chi connectivity index (χ4v) is 1.78. The van der Waals surface area contributed by atoms with Crippen molar-refractivity contribution in [1.29, 1.82) is 0 Å². The Balaban J connectivity index is 1.94. The van der Waals surface area contributed by atoms with Crippen LogP contribution in [-0.2, 0) is 0 Å². The standard InChI is InChI=1S/C17H17ClN2O2/c1-21-16-7-3-14(4-8-16)19-11-13(18)12-20-15-5-9-17(22-2)10-6-15/h3-12,19H,1-2H3/b13-11-,20-12?. The van der Waals surface area contributed by atoms with Crippen LogP contribution in [-0.4, -0.2) is 20.4 Å². The van der Waals surface area contributed by atoms with Crippen molar-refractivity contribution < 1.29 is 9.47 Å². The summed E-state index contributed by atoms with van der Waals surface area (Å²) in [5.41, 5.74) is 1.72. The molecular formula is C17H17ClN2O2. The second-order valence-corrected chi connectivity index (χ2v) is 4.79. The fourth-order valence-electron chi connectivity index (χ4n) is 1.68. The summed E-state index contributed by atoms with van der Waals surface area (Å²) in [4.78, 5) is 4.28. The van der Waals surface area contributed by atoms with E-state index < -0.39 is 0 Å². The largest absolute Gasteiger partial charge is 0.497 e. The molecule has 0 amide bonds. The predicted molar refractivity (Wildman–Crippen MR) is 91.7 cm³/mol. The molecule has 1 N–H and O–H groups in total.